The number of nitrogens with one attached hydrogen (secondary N) is 2. The summed E-state index contributed by atoms with van der Waals surface area (Å²) in [5.74, 6) is -0.161. The van der Waals surface area contributed by atoms with Gasteiger partial charge in [0, 0.05) is 37.0 Å². The topological polar surface area (TPSA) is 240 Å². The number of nitrogen functional groups attached to an aromatic ring is 1. The van der Waals surface area contributed by atoms with Crippen LogP contribution in [0.4, 0.5) is 34.1 Å². The average molecular weight is 518 g/mol. The van der Waals surface area contributed by atoms with Crippen LogP contribution in [-0.4, -0.2) is 56.4 Å². The van der Waals surface area contributed by atoms with Gasteiger partial charge in [-0.25, -0.2) is 0 Å². The lowest BCUT2D eigenvalue weighted by Crippen LogP contribution is -2.07. The van der Waals surface area contributed by atoms with Crippen molar-refractivity contribution in [2.75, 3.05) is 42.7 Å². The summed E-state index contributed by atoms with van der Waals surface area (Å²) < 4.78 is 0. The molecule has 0 amide bonds. The fraction of sp³-hybridized carbons (Fsp3) is 0.182. The van der Waals surface area contributed by atoms with Crippen molar-refractivity contribution in [3.05, 3.63) is 97.1 Å². The van der Waals surface area contributed by atoms with E-state index in [0.717, 1.165) is 6.07 Å². The summed E-state index contributed by atoms with van der Waals surface area (Å²) in [5.41, 5.74) is 6.26. The number of phenols is 1. The van der Waals surface area contributed by atoms with Gasteiger partial charge in [0.25, 0.3) is 17.1 Å². The third kappa shape index (κ3) is 10.8. The van der Waals surface area contributed by atoms with E-state index < -0.39 is 14.8 Å². The monoisotopic (exact) mass is 518 g/mol. The fourth-order valence-corrected chi connectivity index (χ4v) is 2.62. The number of nitrogens with zero attached hydrogens (tertiary/aromatic N) is 3. The average Bonchev–Trinajstić information content (AvgIpc) is 2.87. The maximum Gasteiger partial charge on any atom is 0.296 e. The van der Waals surface area contributed by atoms with Crippen molar-refractivity contribution >= 4 is 34.1 Å². The molecule has 0 unspecified atom stereocenters. The number of benzene rings is 3. The van der Waals surface area contributed by atoms with Crippen LogP contribution in [0.1, 0.15) is 0 Å². The Labute approximate surface area is 210 Å². The Kier molecular flexibility index (Phi) is 12.8. The number of hydrogen-bond acceptors (Lipinski definition) is 12. The molecule has 15 heteroatoms. The van der Waals surface area contributed by atoms with Crippen molar-refractivity contribution in [2.45, 2.75) is 0 Å². The van der Waals surface area contributed by atoms with Gasteiger partial charge in [-0.05, 0) is 24.3 Å². The van der Waals surface area contributed by atoms with E-state index in [9.17, 15) is 30.3 Å². The zero-order valence-corrected chi connectivity index (χ0v) is 19.4. The molecule has 0 aliphatic heterocycles. The zero-order chi connectivity index (χ0) is 27.8. The SMILES string of the molecule is Nc1cccc([N+](=O)[O-])c1.O=[N+]([O-])c1cc(O)ccc1NCCO.O=[N+]([O-])c1ccccc1NCCO. The predicted octanol–water partition coefficient (Wildman–Crippen LogP) is 2.88. The van der Waals surface area contributed by atoms with Crippen LogP contribution in [-0.2, 0) is 0 Å². The van der Waals surface area contributed by atoms with Crippen LogP contribution >= 0.6 is 0 Å². The van der Waals surface area contributed by atoms with E-state index >= 15 is 0 Å². The number of aliphatic hydroxyl groups is 2. The van der Waals surface area contributed by atoms with Crippen molar-refractivity contribution in [1.29, 1.82) is 0 Å². The van der Waals surface area contributed by atoms with Crippen LogP contribution in [0.25, 0.3) is 0 Å². The second-order valence-corrected chi connectivity index (χ2v) is 6.89. The molecule has 0 saturated carbocycles. The van der Waals surface area contributed by atoms with Gasteiger partial charge in [-0.2, -0.15) is 0 Å². The Morgan fingerprint density at radius 2 is 1.27 bits per heavy atom. The molecule has 3 aromatic rings. The molecule has 0 heterocycles. The summed E-state index contributed by atoms with van der Waals surface area (Å²) in [5, 5.41) is 62.6. The van der Waals surface area contributed by atoms with Crippen molar-refractivity contribution in [3.63, 3.8) is 0 Å². The minimum absolute atomic E-state index is 0.0240. The number of anilines is 3. The number of nitrogens with two attached hydrogens (primary N) is 1. The van der Waals surface area contributed by atoms with Gasteiger partial charge < -0.3 is 31.7 Å². The van der Waals surface area contributed by atoms with Crippen molar-refractivity contribution < 1.29 is 30.1 Å². The summed E-state index contributed by atoms with van der Waals surface area (Å²) >= 11 is 0. The summed E-state index contributed by atoms with van der Waals surface area (Å²) in [6, 6.07) is 16.0. The number of aliphatic hydroxyl groups excluding tert-OH is 2. The molecule has 0 aromatic heterocycles. The van der Waals surface area contributed by atoms with Crippen LogP contribution in [0.3, 0.4) is 0 Å². The van der Waals surface area contributed by atoms with Crippen LogP contribution in [0, 0.1) is 30.3 Å². The van der Waals surface area contributed by atoms with Crippen LogP contribution in [0.5, 0.6) is 5.75 Å². The van der Waals surface area contributed by atoms with Crippen molar-refractivity contribution in [3.8, 4) is 5.75 Å². The smallest absolute Gasteiger partial charge is 0.296 e. The first-order valence-corrected chi connectivity index (χ1v) is 10.5. The van der Waals surface area contributed by atoms with E-state index in [1.165, 1.54) is 30.3 Å². The summed E-state index contributed by atoms with van der Waals surface area (Å²) in [7, 11) is 0. The standard InChI is InChI=1S/C8H10N2O4.C8H10N2O3.C6H6N2O2/c11-4-3-9-7-2-1-6(12)5-8(7)10(13)14;11-6-5-9-7-3-1-2-4-8(7)10(12)13;7-5-2-1-3-6(4-5)8(9)10/h1-2,5,9,11-12H,3-4H2;1-4,9,11H,5-6H2;1-4H,7H2. The molecule has 0 atom stereocenters. The van der Waals surface area contributed by atoms with Gasteiger partial charge in [0.15, 0.2) is 0 Å². The highest BCUT2D eigenvalue weighted by Gasteiger charge is 2.13. The molecule has 198 valence electrons. The van der Waals surface area contributed by atoms with Gasteiger partial charge in [-0.1, -0.05) is 18.2 Å². The molecule has 0 fully saturated rings. The van der Waals surface area contributed by atoms with Crippen LogP contribution in [0.2, 0.25) is 0 Å². The molecule has 0 spiro atoms. The van der Waals surface area contributed by atoms with Gasteiger partial charge in [0.1, 0.15) is 17.1 Å². The maximum absolute atomic E-state index is 10.5. The van der Waals surface area contributed by atoms with Gasteiger partial charge in [0.2, 0.25) is 0 Å². The first-order valence-electron chi connectivity index (χ1n) is 10.5. The molecule has 37 heavy (non-hydrogen) atoms. The number of phenolic OH excluding ortho intramolecular Hbond substituents is 1. The fourth-order valence-electron chi connectivity index (χ4n) is 2.62. The van der Waals surface area contributed by atoms with Gasteiger partial charge >= 0.3 is 0 Å². The number of non-ortho nitro benzene ring substituents is 1. The van der Waals surface area contributed by atoms with E-state index in [1.807, 2.05) is 0 Å². The van der Waals surface area contributed by atoms with E-state index in [1.54, 1.807) is 30.3 Å². The maximum atomic E-state index is 10.5. The molecule has 0 aliphatic rings. The van der Waals surface area contributed by atoms with E-state index in [-0.39, 0.29) is 48.3 Å². The number of nitro groups is 3. The lowest BCUT2D eigenvalue weighted by Gasteiger charge is -2.04. The third-order valence-corrected chi connectivity index (χ3v) is 4.21. The Morgan fingerprint density at radius 1 is 0.703 bits per heavy atom. The highest BCUT2D eigenvalue weighted by molar-refractivity contribution is 5.63. The van der Waals surface area contributed by atoms with Crippen LogP contribution < -0.4 is 16.4 Å². The molecule has 0 radical (unpaired) electrons. The highest BCUT2D eigenvalue weighted by atomic mass is 16.6. The highest BCUT2D eigenvalue weighted by Crippen LogP contribution is 2.28. The number of para-hydroxylation sites is 2. The molecular formula is C22H26N6O9. The summed E-state index contributed by atoms with van der Waals surface area (Å²) in [6.45, 7) is 0.376. The number of hydrogen-bond donors (Lipinski definition) is 6. The first-order chi connectivity index (χ1) is 17.6. The zero-order valence-electron chi connectivity index (χ0n) is 19.4. The van der Waals surface area contributed by atoms with Crippen molar-refractivity contribution in [2.24, 2.45) is 0 Å². The van der Waals surface area contributed by atoms with Gasteiger partial charge in [-0.3, -0.25) is 30.3 Å². The largest absolute Gasteiger partial charge is 0.508 e. The van der Waals surface area contributed by atoms with Gasteiger partial charge in [0.05, 0.1) is 34.1 Å². The second kappa shape index (κ2) is 15.8. The minimum Gasteiger partial charge on any atom is -0.508 e. The number of aromatic hydroxyl groups is 1. The molecular weight excluding hydrogens is 492 g/mol. The molecule has 0 saturated heterocycles. The van der Waals surface area contributed by atoms with E-state index in [4.69, 9.17) is 21.1 Å². The van der Waals surface area contributed by atoms with Crippen molar-refractivity contribution in [1.82, 2.24) is 0 Å². The van der Waals surface area contributed by atoms with Gasteiger partial charge in [-0.15, -0.1) is 0 Å². The molecule has 7 N–H and O–H groups in total. The molecule has 15 nitrogen and oxygen atoms in total. The summed E-state index contributed by atoms with van der Waals surface area (Å²) in [4.78, 5) is 29.6. The summed E-state index contributed by atoms with van der Waals surface area (Å²) in [6.07, 6.45) is 0. The van der Waals surface area contributed by atoms with E-state index in [0.29, 0.717) is 17.9 Å². The quantitative estimate of drug-likeness (QED) is 0.104. The number of nitro benzene ring substituents is 3. The first kappa shape index (κ1) is 30.0. The number of rotatable bonds is 9. The lowest BCUT2D eigenvalue weighted by atomic mass is 10.2. The molecule has 3 aromatic carbocycles. The predicted molar refractivity (Wildman–Crippen MR) is 137 cm³/mol. The Hall–Kier alpha value is -5.02. The lowest BCUT2D eigenvalue weighted by molar-refractivity contribution is -0.384. The molecule has 3 rings (SSSR count). The Morgan fingerprint density at radius 3 is 1.76 bits per heavy atom. The third-order valence-electron chi connectivity index (χ3n) is 4.21. The minimum atomic E-state index is -0.598. The molecule has 0 aliphatic carbocycles. The second-order valence-electron chi connectivity index (χ2n) is 6.89. The Balaban J connectivity index is 0.000000281. The van der Waals surface area contributed by atoms with E-state index in [2.05, 4.69) is 10.6 Å². The van der Waals surface area contributed by atoms with Crippen LogP contribution in [0.15, 0.2) is 66.7 Å². The normalized spacial score (nSPS) is 9.57. The Bertz CT molecular complexity index is 1190. The molecule has 0 bridgehead atoms.